The average Bonchev–Trinajstić information content (AvgIpc) is 3.10. The van der Waals surface area contributed by atoms with Gasteiger partial charge >= 0.3 is 5.63 Å². The van der Waals surface area contributed by atoms with Gasteiger partial charge in [-0.05, 0) is 45.4 Å². The Hall–Kier alpha value is -2.11. The molecule has 1 aliphatic rings. The Kier molecular flexibility index (Phi) is 4.24. The summed E-state index contributed by atoms with van der Waals surface area (Å²) in [5.74, 6) is 0.860. The molecule has 1 atom stereocenters. The first-order chi connectivity index (χ1) is 11.0. The second kappa shape index (κ2) is 6.18. The van der Waals surface area contributed by atoms with E-state index in [1.165, 1.54) is 6.07 Å². The van der Waals surface area contributed by atoms with E-state index in [0.29, 0.717) is 18.5 Å². The minimum absolute atomic E-state index is 0.319. The molecule has 3 aromatic rings. The van der Waals surface area contributed by atoms with E-state index in [-0.39, 0.29) is 5.63 Å². The number of fused-ring (bicyclic) bond motifs is 2. The SMILES string of the molecule is CC1COCO1.Cc1cc2cc3c(C)cc(=O)oc3c(C)c2o1. The zero-order valence-electron chi connectivity index (χ0n) is 13.8. The molecular formula is C18H20O5. The Labute approximate surface area is 133 Å². The highest BCUT2D eigenvalue weighted by Gasteiger charge is 2.12. The molecule has 0 amide bonds. The molecule has 1 aliphatic heterocycles. The van der Waals surface area contributed by atoms with Crippen molar-refractivity contribution in [2.24, 2.45) is 0 Å². The topological polar surface area (TPSA) is 61.8 Å². The largest absolute Gasteiger partial charge is 0.461 e. The van der Waals surface area contributed by atoms with E-state index < -0.39 is 0 Å². The van der Waals surface area contributed by atoms with Crippen LogP contribution >= 0.6 is 0 Å². The summed E-state index contributed by atoms with van der Waals surface area (Å²) in [6.07, 6.45) is 0.324. The zero-order chi connectivity index (χ0) is 16.6. The first kappa shape index (κ1) is 15.8. The van der Waals surface area contributed by atoms with E-state index in [0.717, 1.165) is 39.8 Å². The molecule has 2 aromatic heterocycles. The third-order valence-electron chi connectivity index (χ3n) is 3.86. The second-order valence-electron chi connectivity index (χ2n) is 5.87. The van der Waals surface area contributed by atoms with Gasteiger partial charge in [-0.1, -0.05) is 0 Å². The molecule has 5 heteroatoms. The summed E-state index contributed by atoms with van der Waals surface area (Å²) < 4.78 is 20.7. The molecule has 3 heterocycles. The summed E-state index contributed by atoms with van der Waals surface area (Å²) in [7, 11) is 0. The third kappa shape index (κ3) is 3.16. The maximum Gasteiger partial charge on any atom is 0.336 e. The highest BCUT2D eigenvalue weighted by atomic mass is 16.7. The highest BCUT2D eigenvalue weighted by Crippen LogP contribution is 2.30. The zero-order valence-corrected chi connectivity index (χ0v) is 13.8. The van der Waals surface area contributed by atoms with Crippen LogP contribution in [0.25, 0.3) is 21.9 Å². The van der Waals surface area contributed by atoms with Crippen LogP contribution < -0.4 is 5.63 Å². The highest BCUT2D eigenvalue weighted by molar-refractivity contribution is 5.98. The van der Waals surface area contributed by atoms with Gasteiger partial charge in [0.25, 0.3) is 0 Å². The maximum atomic E-state index is 11.4. The van der Waals surface area contributed by atoms with Crippen molar-refractivity contribution in [1.29, 1.82) is 0 Å². The Morgan fingerprint density at radius 3 is 2.43 bits per heavy atom. The third-order valence-corrected chi connectivity index (χ3v) is 3.86. The van der Waals surface area contributed by atoms with Gasteiger partial charge in [0, 0.05) is 22.4 Å². The fraction of sp³-hybridized carbons (Fsp3) is 0.389. The maximum absolute atomic E-state index is 11.4. The van der Waals surface area contributed by atoms with Crippen LogP contribution in [0.2, 0.25) is 0 Å². The van der Waals surface area contributed by atoms with Crippen molar-refractivity contribution < 1.29 is 18.3 Å². The molecule has 0 saturated carbocycles. The lowest BCUT2D eigenvalue weighted by atomic mass is 10.1. The van der Waals surface area contributed by atoms with Crippen LogP contribution in [0.3, 0.4) is 0 Å². The minimum Gasteiger partial charge on any atom is -0.461 e. The Morgan fingerprint density at radius 2 is 1.83 bits per heavy atom. The summed E-state index contributed by atoms with van der Waals surface area (Å²) in [6, 6.07) is 5.51. The summed E-state index contributed by atoms with van der Waals surface area (Å²) in [6.45, 7) is 8.98. The molecule has 1 fully saturated rings. The molecule has 122 valence electrons. The van der Waals surface area contributed by atoms with Crippen molar-refractivity contribution in [3.05, 3.63) is 45.5 Å². The molecule has 0 N–H and O–H groups in total. The summed E-state index contributed by atoms with van der Waals surface area (Å²) in [5.41, 5.74) is 2.91. The van der Waals surface area contributed by atoms with E-state index in [1.807, 2.05) is 39.8 Å². The number of aryl methyl sites for hydroxylation is 3. The number of hydrogen-bond donors (Lipinski definition) is 0. The van der Waals surface area contributed by atoms with Crippen molar-refractivity contribution >= 4 is 21.9 Å². The fourth-order valence-electron chi connectivity index (χ4n) is 2.70. The van der Waals surface area contributed by atoms with E-state index in [2.05, 4.69) is 0 Å². The van der Waals surface area contributed by atoms with Gasteiger partial charge in [0.1, 0.15) is 23.7 Å². The van der Waals surface area contributed by atoms with Crippen LogP contribution in [0.5, 0.6) is 0 Å². The average molecular weight is 316 g/mol. The molecule has 0 spiro atoms. The number of benzene rings is 1. The van der Waals surface area contributed by atoms with Crippen LogP contribution in [0.15, 0.2) is 31.8 Å². The molecule has 1 unspecified atom stereocenters. The van der Waals surface area contributed by atoms with Crippen molar-refractivity contribution in [2.45, 2.75) is 33.8 Å². The predicted molar refractivity (Wildman–Crippen MR) is 87.8 cm³/mol. The molecule has 5 nitrogen and oxygen atoms in total. The van der Waals surface area contributed by atoms with Gasteiger partial charge in [-0.15, -0.1) is 0 Å². The van der Waals surface area contributed by atoms with Crippen LogP contribution in [-0.2, 0) is 9.47 Å². The van der Waals surface area contributed by atoms with Crippen LogP contribution in [0.1, 0.15) is 23.8 Å². The Morgan fingerprint density at radius 1 is 1.04 bits per heavy atom. The lowest BCUT2D eigenvalue weighted by Crippen LogP contribution is -2.00. The Balaban J connectivity index is 0.000000220. The van der Waals surface area contributed by atoms with Crippen LogP contribution in [0, 0.1) is 20.8 Å². The molecule has 23 heavy (non-hydrogen) atoms. The van der Waals surface area contributed by atoms with Gasteiger partial charge in [-0.2, -0.15) is 0 Å². The van der Waals surface area contributed by atoms with Gasteiger partial charge in [-0.25, -0.2) is 4.79 Å². The smallest absolute Gasteiger partial charge is 0.336 e. The van der Waals surface area contributed by atoms with E-state index in [9.17, 15) is 4.79 Å². The van der Waals surface area contributed by atoms with Gasteiger partial charge in [0.15, 0.2) is 0 Å². The van der Waals surface area contributed by atoms with Crippen molar-refractivity contribution in [1.82, 2.24) is 0 Å². The molecular weight excluding hydrogens is 296 g/mol. The summed E-state index contributed by atoms with van der Waals surface area (Å²) >= 11 is 0. The molecule has 0 radical (unpaired) electrons. The second-order valence-corrected chi connectivity index (χ2v) is 5.87. The predicted octanol–water partition coefficient (Wildman–Crippen LogP) is 3.84. The lowest BCUT2D eigenvalue weighted by Gasteiger charge is -2.03. The normalized spacial score (nSPS) is 17.5. The number of rotatable bonds is 0. The van der Waals surface area contributed by atoms with Gasteiger partial charge < -0.3 is 18.3 Å². The molecule has 1 saturated heterocycles. The van der Waals surface area contributed by atoms with E-state index in [1.54, 1.807) is 0 Å². The summed E-state index contributed by atoms with van der Waals surface area (Å²) in [5, 5.41) is 2.01. The van der Waals surface area contributed by atoms with Crippen molar-refractivity contribution in [3.63, 3.8) is 0 Å². The standard InChI is InChI=1S/C14H12O3.C4H8O2/c1-7-4-12(15)17-14-9(3)13-10(6-11(7)14)5-8(2)16-13;1-4-2-5-3-6-4/h4-6H,1-3H3;4H,2-3H2,1H3. The quantitative estimate of drug-likeness (QED) is 0.590. The Bertz CT molecular complexity index is 897. The molecule has 4 rings (SSSR count). The molecule has 0 bridgehead atoms. The van der Waals surface area contributed by atoms with Crippen molar-refractivity contribution in [2.75, 3.05) is 13.4 Å². The van der Waals surface area contributed by atoms with Gasteiger partial charge in [0.2, 0.25) is 0 Å². The lowest BCUT2D eigenvalue weighted by molar-refractivity contribution is 0.0514. The number of furan rings is 1. The first-order valence-corrected chi connectivity index (χ1v) is 7.59. The van der Waals surface area contributed by atoms with E-state index >= 15 is 0 Å². The van der Waals surface area contributed by atoms with Crippen molar-refractivity contribution in [3.8, 4) is 0 Å². The first-order valence-electron chi connectivity index (χ1n) is 7.59. The van der Waals surface area contributed by atoms with Gasteiger partial charge in [0.05, 0.1) is 12.7 Å². The summed E-state index contributed by atoms with van der Waals surface area (Å²) in [4.78, 5) is 11.4. The van der Waals surface area contributed by atoms with Crippen LogP contribution in [-0.4, -0.2) is 19.5 Å². The number of ether oxygens (including phenoxy) is 2. The monoisotopic (exact) mass is 316 g/mol. The van der Waals surface area contributed by atoms with Crippen LogP contribution in [0.4, 0.5) is 0 Å². The fourth-order valence-corrected chi connectivity index (χ4v) is 2.70. The molecule has 0 aliphatic carbocycles. The minimum atomic E-state index is -0.319. The van der Waals surface area contributed by atoms with E-state index in [4.69, 9.17) is 18.3 Å². The molecule has 1 aromatic carbocycles. The number of hydrogen-bond acceptors (Lipinski definition) is 5. The van der Waals surface area contributed by atoms with Gasteiger partial charge in [-0.3, -0.25) is 0 Å².